The predicted molar refractivity (Wildman–Crippen MR) is 49.0 cm³/mol. The van der Waals surface area contributed by atoms with Crippen LogP contribution in [0.4, 0.5) is 0 Å². The molecule has 3 heteroatoms. The monoisotopic (exact) mass is 311 g/mol. The average Bonchev–Trinajstić information content (AvgIpc) is 2.04. The van der Waals surface area contributed by atoms with Crippen LogP contribution in [0.2, 0.25) is 0 Å². The van der Waals surface area contributed by atoms with Crippen LogP contribution in [0, 0.1) is 43.0 Å². The van der Waals surface area contributed by atoms with Crippen molar-refractivity contribution >= 4 is 2.73 Å². The molecule has 13 heavy (non-hydrogen) atoms. The Labute approximate surface area is 101 Å². The molecule has 0 amide bonds. The number of carbonyl (C=O) groups is 2. The Bertz CT molecular complexity index is 176. The predicted octanol–water partition coefficient (Wildman–Crippen LogP) is 2.36. The van der Waals surface area contributed by atoms with Crippen LogP contribution in [0.5, 0.6) is 0 Å². The molecule has 0 aliphatic carbocycles. The summed E-state index contributed by atoms with van der Waals surface area (Å²) in [6, 6.07) is 0. The molecule has 0 unspecified atom stereocenters. The second kappa shape index (κ2) is 8.05. The molecule has 0 aromatic carbocycles. The van der Waals surface area contributed by atoms with Crippen LogP contribution >= 0.6 is 0 Å². The molecule has 0 fully saturated rings. The van der Waals surface area contributed by atoms with Gasteiger partial charge in [-0.15, -0.1) is 0 Å². The van der Waals surface area contributed by atoms with Crippen LogP contribution in [-0.2, 0) is 9.59 Å². The summed E-state index contributed by atoms with van der Waals surface area (Å²) in [5.74, 6) is 0.0881. The van der Waals surface area contributed by atoms with Crippen molar-refractivity contribution in [2.45, 2.75) is 46.5 Å². The minimum atomic E-state index is -1.71. The molecule has 0 saturated carbocycles. The van der Waals surface area contributed by atoms with E-state index < -0.39 is 37.1 Å². The van der Waals surface area contributed by atoms with Crippen molar-refractivity contribution in [3.8, 4) is 0 Å². The summed E-state index contributed by atoms with van der Waals surface area (Å²) in [5.41, 5.74) is 0. The third-order valence-electron chi connectivity index (χ3n) is 1.90. The first-order valence-corrected chi connectivity index (χ1v) is 8.69. The van der Waals surface area contributed by atoms with Gasteiger partial charge in [0.15, 0.2) is 0 Å². The van der Waals surface area contributed by atoms with Crippen molar-refractivity contribution in [3.63, 3.8) is 0 Å². The van der Waals surface area contributed by atoms with E-state index in [9.17, 15) is 9.59 Å². The van der Waals surface area contributed by atoms with Gasteiger partial charge in [0.1, 0.15) is 0 Å². The van der Waals surface area contributed by atoms with E-state index in [2.05, 4.69) is 6.92 Å². The van der Waals surface area contributed by atoms with E-state index in [0.717, 1.165) is 19.3 Å². The topological polar surface area (TPSA) is 34.1 Å². The van der Waals surface area contributed by atoms with Crippen LogP contribution < -0.4 is 0 Å². The van der Waals surface area contributed by atoms with Gasteiger partial charge in [0.2, 0.25) is 0 Å². The fourth-order valence-electron chi connectivity index (χ4n) is 0.947. The first-order chi connectivity index (χ1) is 6.07. The molecule has 0 heterocycles. The Morgan fingerprint density at radius 1 is 1.23 bits per heavy atom. The van der Waals surface area contributed by atoms with E-state index in [-0.39, 0.29) is 7.29 Å². The van der Waals surface area contributed by atoms with Gasteiger partial charge in [-0.25, -0.2) is 0 Å². The second-order valence-electron chi connectivity index (χ2n) is 3.62. The van der Waals surface area contributed by atoms with Gasteiger partial charge < -0.3 is 0 Å². The van der Waals surface area contributed by atoms with Gasteiger partial charge in [-0.1, -0.05) is 0 Å². The van der Waals surface area contributed by atoms with Gasteiger partial charge in [-0.05, 0) is 0 Å². The third kappa shape index (κ3) is 7.75. The number of carbonyl (C=O) groups excluding carboxylic acids is 2. The van der Waals surface area contributed by atoms with E-state index in [1.54, 1.807) is 0 Å². The SMILES string of the molecule is CCCCC[C](=O)[Pr][C](=O)C(C)C. The summed E-state index contributed by atoms with van der Waals surface area (Å²) in [6.07, 6.45) is 3.91. The maximum atomic E-state index is 11.3. The van der Waals surface area contributed by atoms with Gasteiger partial charge in [0.25, 0.3) is 0 Å². The number of rotatable bonds is 7. The molecule has 0 aromatic rings. The zero-order valence-electron chi connectivity index (χ0n) is 8.80. The quantitative estimate of drug-likeness (QED) is 0.677. The Morgan fingerprint density at radius 2 is 1.85 bits per heavy atom. The normalized spacial score (nSPS) is 9.85. The first kappa shape index (κ1) is 13.7. The molecular weight excluding hydrogens is 293 g/mol. The van der Waals surface area contributed by atoms with E-state index in [1.807, 2.05) is 13.8 Å². The second-order valence-corrected chi connectivity index (χ2v) is 8.44. The Balaban J connectivity index is 3.56. The van der Waals surface area contributed by atoms with E-state index in [4.69, 9.17) is 0 Å². The van der Waals surface area contributed by atoms with Crippen LogP contribution in [0.1, 0.15) is 46.5 Å². The zero-order chi connectivity index (χ0) is 10.3. The molecule has 0 aliphatic rings. The van der Waals surface area contributed by atoms with Crippen molar-refractivity contribution in [2.75, 3.05) is 0 Å². The van der Waals surface area contributed by atoms with Crippen LogP contribution in [0.3, 0.4) is 0 Å². The van der Waals surface area contributed by atoms with Crippen molar-refractivity contribution in [3.05, 3.63) is 0 Å². The molecule has 0 aromatic heterocycles. The maximum absolute atomic E-state index is 11.3. The van der Waals surface area contributed by atoms with E-state index in [0.29, 0.717) is 7.79 Å². The van der Waals surface area contributed by atoms with E-state index in [1.165, 1.54) is 0 Å². The third-order valence-corrected chi connectivity index (χ3v) is 6.91. The standard InChI is InChI=1S/C6H11O.C4H7O.Pr/c1-2-3-4-5-6-7;1-4(2)3-5;/h2-5H2,1H3;4H,1-2H3;. The first-order valence-electron chi connectivity index (χ1n) is 4.99. The average molecular weight is 311 g/mol. The molecule has 2 nitrogen and oxygen atoms in total. The molecule has 0 bridgehead atoms. The number of unbranched alkanes of at least 4 members (excludes halogenated alkanes) is 2. The van der Waals surface area contributed by atoms with Crippen molar-refractivity contribution in [1.29, 1.82) is 0 Å². The fraction of sp³-hybridized carbons (Fsp3) is 0.800. The summed E-state index contributed by atoms with van der Waals surface area (Å²) >= 11 is -1.71. The van der Waals surface area contributed by atoms with Gasteiger partial charge in [-0.3, -0.25) is 0 Å². The molecule has 0 N–H and O–H groups in total. The summed E-state index contributed by atoms with van der Waals surface area (Å²) in [4.78, 5) is 22.6. The van der Waals surface area contributed by atoms with Gasteiger partial charge >= 0.3 is 102 Å². The van der Waals surface area contributed by atoms with E-state index >= 15 is 0 Å². The number of hydrogen-bond acceptors (Lipinski definition) is 2. The minimum absolute atomic E-state index is 0.0881. The molecule has 0 radical (unpaired) electrons. The number of hydrogen-bond donors (Lipinski definition) is 0. The van der Waals surface area contributed by atoms with Crippen molar-refractivity contribution in [1.82, 2.24) is 0 Å². The van der Waals surface area contributed by atoms with Crippen molar-refractivity contribution < 1.29 is 46.7 Å². The molecule has 0 aliphatic heterocycles. The molecular formula is C10H18O2Pr. The summed E-state index contributed by atoms with van der Waals surface area (Å²) in [5, 5.41) is 0. The van der Waals surface area contributed by atoms with Crippen LogP contribution in [0.15, 0.2) is 0 Å². The molecule has 73 valence electrons. The van der Waals surface area contributed by atoms with Crippen LogP contribution in [0.25, 0.3) is 0 Å². The molecule has 0 saturated heterocycles. The van der Waals surface area contributed by atoms with Crippen LogP contribution in [-0.4, -0.2) is 2.73 Å². The van der Waals surface area contributed by atoms with Gasteiger partial charge in [0.05, 0.1) is 0 Å². The Morgan fingerprint density at radius 3 is 2.31 bits per heavy atom. The fourth-order valence-corrected chi connectivity index (χ4v) is 4.15. The summed E-state index contributed by atoms with van der Waals surface area (Å²) < 4.78 is 0.591. The Kier molecular flexibility index (Phi) is 8.48. The zero-order valence-corrected chi connectivity index (χ0v) is 12.5. The summed E-state index contributed by atoms with van der Waals surface area (Å²) in [7, 11) is 0. The molecule has 0 atom stereocenters. The molecule has 0 spiro atoms. The van der Waals surface area contributed by atoms with Gasteiger partial charge in [0, 0.05) is 0 Å². The van der Waals surface area contributed by atoms with Crippen molar-refractivity contribution in [2.24, 2.45) is 5.92 Å². The summed E-state index contributed by atoms with van der Waals surface area (Å²) in [6.45, 7) is 5.89. The Hall–Kier alpha value is 0.704. The van der Waals surface area contributed by atoms with Gasteiger partial charge in [-0.2, -0.15) is 0 Å². The molecule has 0 rings (SSSR count).